The minimum atomic E-state index is -1.28. The lowest BCUT2D eigenvalue weighted by Gasteiger charge is -2.36. The van der Waals surface area contributed by atoms with Gasteiger partial charge < -0.3 is 30.7 Å². The molecular weight excluding hydrogens is 600 g/mol. The smallest absolute Gasteiger partial charge is 0.408 e. The van der Waals surface area contributed by atoms with Crippen molar-refractivity contribution in [1.29, 1.82) is 0 Å². The molecule has 11 nitrogen and oxygen atoms in total. The van der Waals surface area contributed by atoms with Crippen molar-refractivity contribution in [2.75, 3.05) is 6.54 Å². The van der Waals surface area contributed by atoms with Crippen molar-refractivity contribution in [3.63, 3.8) is 0 Å². The van der Waals surface area contributed by atoms with Crippen molar-refractivity contribution in [1.82, 2.24) is 15.5 Å². The van der Waals surface area contributed by atoms with E-state index in [0.717, 1.165) is 16.7 Å². The number of amides is 4. The standard InChI is InChI=1S/C36H50N4O7/c1-10-21-40(32(43)26(19-20-28(37)41)39-34(45)47-36(7,8)9)30(29-23(2)15-14-16-24(29)3)31(42)38-27(33(44)46-35(4,5)6)22-25-17-12-11-13-18-25/h10-18,26-27,30H,1,19-22H2,2-9H3,(H2,37,41)(H,38,42)(H,39,45). The van der Waals surface area contributed by atoms with Gasteiger partial charge in [0.2, 0.25) is 17.7 Å². The quantitative estimate of drug-likeness (QED) is 0.199. The lowest BCUT2D eigenvalue weighted by atomic mass is 9.93. The number of alkyl carbamates (subject to hydrolysis) is 1. The number of carbonyl (C=O) groups excluding carboxylic acids is 5. The summed E-state index contributed by atoms with van der Waals surface area (Å²) in [4.78, 5) is 68.2. The molecule has 47 heavy (non-hydrogen) atoms. The first-order valence-electron chi connectivity index (χ1n) is 15.7. The lowest BCUT2D eigenvalue weighted by molar-refractivity contribution is -0.159. The lowest BCUT2D eigenvalue weighted by Crippen LogP contribution is -2.55. The van der Waals surface area contributed by atoms with Crippen LogP contribution in [-0.2, 0) is 35.1 Å². The minimum Gasteiger partial charge on any atom is -0.458 e. The van der Waals surface area contributed by atoms with E-state index >= 15 is 0 Å². The first kappa shape index (κ1) is 38.5. The first-order valence-corrected chi connectivity index (χ1v) is 15.7. The molecule has 256 valence electrons. The molecule has 0 bridgehead atoms. The van der Waals surface area contributed by atoms with E-state index < -0.39 is 59.1 Å². The van der Waals surface area contributed by atoms with Gasteiger partial charge in [-0.1, -0.05) is 54.6 Å². The molecule has 2 aromatic rings. The molecule has 0 aromatic heterocycles. The van der Waals surface area contributed by atoms with Gasteiger partial charge in [-0.15, -0.1) is 6.58 Å². The highest BCUT2D eigenvalue weighted by molar-refractivity contribution is 5.94. The highest BCUT2D eigenvalue weighted by Crippen LogP contribution is 2.29. The van der Waals surface area contributed by atoms with Gasteiger partial charge in [-0.3, -0.25) is 14.4 Å². The Hall–Kier alpha value is -4.67. The van der Waals surface area contributed by atoms with Crippen LogP contribution in [0.4, 0.5) is 4.79 Å². The van der Waals surface area contributed by atoms with Gasteiger partial charge in [0.25, 0.3) is 0 Å². The summed E-state index contributed by atoms with van der Waals surface area (Å²) in [6.07, 6.45) is 0.361. The van der Waals surface area contributed by atoms with Crippen LogP contribution in [0.3, 0.4) is 0 Å². The van der Waals surface area contributed by atoms with Crippen molar-refractivity contribution in [3.8, 4) is 0 Å². The molecule has 0 aliphatic rings. The van der Waals surface area contributed by atoms with Crippen molar-refractivity contribution < 1.29 is 33.4 Å². The molecule has 4 amide bonds. The third-order valence-corrected chi connectivity index (χ3v) is 6.94. The van der Waals surface area contributed by atoms with Crippen molar-refractivity contribution in [2.45, 2.75) is 104 Å². The summed E-state index contributed by atoms with van der Waals surface area (Å²) in [6.45, 7) is 17.6. The van der Waals surface area contributed by atoms with Gasteiger partial charge in [-0.05, 0) is 84.1 Å². The Balaban J connectivity index is 2.66. The van der Waals surface area contributed by atoms with E-state index in [2.05, 4.69) is 17.2 Å². The van der Waals surface area contributed by atoms with Crippen LogP contribution in [0.25, 0.3) is 0 Å². The fourth-order valence-corrected chi connectivity index (χ4v) is 5.01. The summed E-state index contributed by atoms with van der Waals surface area (Å²) in [6, 6.07) is 11.0. The Morgan fingerprint density at radius 3 is 1.94 bits per heavy atom. The minimum absolute atomic E-state index is 0.108. The number of carbonyl (C=O) groups is 5. The largest absolute Gasteiger partial charge is 0.458 e. The van der Waals surface area contributed by atoms with Crippen molar-refractivity contribution in [3.05, 3.63) is 83.4 Å². The molecule has 3 unspecified atom stereocenters. The van der Waals surface area contributed by atoms with Crippen LogP contribution >= 0.6 is 0 Å². The number of primary amides is 1. The van der Waals surface area contributed by atoms with Crippen LogP contribution < -0.4 is 16.4 Å². The summed E-state index contributed by atoms with van der Waals surface area (Å²) >= 11 is 0. The maximum absolute atomic E-state index is 14.5. The Morgan fingerprint density at radius 1 is 0.851 bits per heavy atom. The number of nitrogens with two attached hydrogens (primary N) is 1. The van der Waals surface area contributed by atoms with Gasteiger partial charge in [-0.2, -0.15) is 0 Å². The number of nitrogens with zero attached hydrogens (tertiary/aromatic N) is 1. The van der Waals surface area contributed by atoms with Gasteiger partial charge in [0.05, 0.1) is 0 Å². The number of benzene rings is 2. The van der Waals surface area contributed by atoms with E-state index in [0.29, 0.717) is 5.56 Å². The molecule has 0 radical (unpaired) electrons. The summed E-state index contributed by atoms with van der Waals surface area (Å²) in [5.74, 6) is -2.62. The normalized spacial score (nSPS) is 13.4. The summed E-state index contributed by atoms with van der Waals surface area (Å²) in [5, 5.41) is 5.43. The Kier molecular flexibility index (Phi) is 13.7. The highest BCUT2D eigenvalue weighted by Gasteiger charge is 2.39. The predicted octanol–water partition coefficient (Wildman–Crippen LogP) is 4.59. The molecule has 0 spiro atoms. The van der Waals surface area contributed by atoms with Gasteiger partial charge in [0.15, 0.2) is 0 Å². The van der Waals surface area contributed by atoms with Gasteiger partial charge in [-0.25, -0.2) is 9.59 Å². The Bertz CT molecular complexity index is 1410. The monoisotopic (exact) mass is 650 g/mol. The van der Waals surface area contributed by atoms with Crippen LogP contribution in [0.1, 0.15) is 82.7 Å². The van der Waals surface area contributed by atoms with E-state index in [9.17, 15) is 24.0 Å². The zero-order valence-electron chi connectivity index (χ0n) is 28.8. The average Bonchev–Trinajstić information content (AvgIpc) is 2.94. The molecule has 2 rings (SSSR count). The van der Waals surface area contributed by atoms with Crippen molar-refractivity contribution in [2.24, 2.45) is 5.73 Å². The van der Waals surface area contributed by atoms with Crippen LogP contribution in [0.15, 0.2) is 61.2 Å². The molecule has 0 heterocycles. The maximum atomic E-state index is 14.5. The zero-order valence-corrected chi connectivity index (χ0v) is 28.8. The maximum Gasteiger partial charge on any atom is 0.408 e. The van der Waals surface area contributed by atoms with E-state index in [1.165, 1.54) is 11.0 Å². The SMILES string of the molecule is C=CCN(C(=O)C(CCC(N)=O)NC(=O)OC(C)(C)C)C(C(=O)NC(Cc1ccccc1)C(=O)OC(C)(C)C)c1c(C)cccc1C. The Labute approximate surface area is 278 Å². The van der Waals surface area contributed by atoms with Gasteiger partial charge >= 0.3 is 12.1 Å². The number of hydrogen-bond donors (Lipinski definition) is 3. The van der Waals surface area contributed by atoms with Crippen LogP contribution in [0.5, 0.6) is 0 Å². The van der Waals surface area contributed by atoms with Gasteiger partial charge in [0.1, 0.15) is 29.3 Å². The third kappa shape index (κ3) is 12.6. The molecule has 0 fully saturated rings. The molecule has 0 saturated heterocycles. The van der Waals surface area contributed by atoms with Gasteiger partial charge in [0, 0.05) is 19.4 Å². The zero-order chi connectivity index (χ0) is 35.5. The number of esters is 1. The highest BCUT2D eigenvalue weighted by atomic mass is 16.6. The van der Waals surface area contributed by atoms with E-state index in [1.54, 1.807) is 41.5 Å². The fraction of sp³-hybridized carbons (Fsp3) is 0.472. The summed E-state index contributed by atoms with van der Waals surface area (Å²) in [5.41, 5.74) is 6.48. The number of rotatable bonds is 14. The number of aryl methyl sites for hydroxylation is 2. The predicted molar refractivity (Wildman–Crippen MR) is 180 cm³/mol. The molecule has 11 heteroatoms. The average molecular weight is 651 g/mol. The second-order valence-electron chi connectivity index (χ2n) is 13.5. The summed E-state index contributed by atoms with van der Waals surface area (Å²) < 4.78 is 11.1. The number of hydrogen-bond acceptors (Lipinski definition) is 7. The van der Waals surface area contributed by atoms with Crippen LogP contribution in [-0.4, -0.2) is 64.5 Å². The molecule has 2 aromatic carbocycles. The van der Waals surface area contributed by atoms with Crippen molar-refractivity contribution >= 4 is 29.8 Å². The third-order valence-electron chi connectivity index (χ3n) is 6.94. The number of nitrogens with one attached hydrogen (secondary N) is 2. The van der Waals surface area contributed by atoms with E-state index in [1.807, 2.05) is 62.4 Å². The second kappa shape index (κ2) is 16.8. The molecule has 0 aliphatic carbocycles. The molecule has 4 N–H and O–H groups in total. The molecule has 0 aliphatic heterocycles. The first-order chi connectivity index (χ1) is 21.8. The second-order valence-corrected chi connectivity index (χ2v) is 13.5. The van der Waals surface area contributed by atoms with E-state index in [4.69, 9.17) is 15.2 Å². The van der Waals surface area contributed by atoms with Crippen LogP contribution in [0, 0.1) is 13.8 Å². The fourth-order valence-electron chi connectivity index (χ4n) is 5.01. The molecule has 0 saturated carbocycles. The number of ether oxygens (including phenoxy) is 2. The molecular formula is C36H50N4O7. The summed E-state index contributed by atoms with van der Waals surface area (Å²) in [7, 11) is 0. The van der Waals surface area contributed by atoms with E-state index in [-0.39, 0.29) is 25.8 Å². The topological polar surface area (TPSA) is 157 Å². The Morgan fingerprint density at radius 2 is 1.43 bits per heavy atom. The van der Waals surface area contributed by atoms with Crippen LogP contribution in [0.2, 0.25) is 0 Å². The molecule has 3 atom stereocenters.